The minimum Gasteiger partial charge on any atom is -0.452 e. The molecule has 0 saturated carbocycles. The van der Waals surface area contributed by atoms with E-state index < -0.39 is 5.97 Å². The van der Waals surface area contributed by atoms with Gasteiger partial charge < -0.3 is 13.9 Å². The fraction of sp³-hybridized carbons (Fsp3) is 0.0400. The van der Waals surface area contributed by atoms with Crippen molar-refractivity contribution in [3.05, 3.63) is 98.4 Å². The van der Waals surface area contributed by atoms with E-state index >= 15 is 0 Å². The molecule has 5 rings (SSSR count). The molecule has 2 heterocycles. The summed E-state index contributed by atoms with van der Waals surface area (Å²) in [7, 11) is 0. The van der Waals surface area contributed by atoms with Gasteiger partial charge in [-0.3, -0.25) is 4.79 Å². The van der Waals surface area contributed by atoms with Gasteiger partial charge >= 0.3 is 5.97 Å². The molecule has 1 aliphatic heterocycles. The molecule has 4 aromatic rings. The summed E-state index contributed by atoms with van der Waals surface area (Å²) < 4.78 is 17.7. The van der Waals surface area contributed by atoms with Crippen molar-refractivity contribution in [2.24, 2.45) is 0 Å². The molecule has 0 atom stereocenters. The zero-order valence-corrected chi connectivity index (χ0v) is 19.0. The van der Waals surface area contributed by atoms with E-state index in [1.807, 2.05) is 18.2 Å². The highest BCUT2D eigenvalue weighted by atomic mass is 79.9. The number of aryl methyl sites for hydroxylation is 1. The molecule has 0 bridgehead atoms. The molecule has 0 N–H and O–H groups in total. The lowest BCUT2D eigenvalue weighted by Gasteiger charge is -2.06. The van der Waals surface area contributed by atoms with Crippen LogP contribution in [-0.4, -0.2) is 11.8 Å². The van der Waals surface area contributed by atoms with Crippen LogP contribution in [0.2, 0.25) is 5.02 Å². The van der Waals surface area contributed by atoms with Crippen LogP contribution in [0.5, 0.6) is 11.5 Å². The maximum atomic E-state index is 12.8. The minimum absolute atomic E-state index is 0.0785. The number of furan rings is 1. The van der Waals surface area contributed by atoms with E-state index in [-0.39, 0.29) is 23.1 Å². The van der Waals surface area contributed by atoms with Crippen molar-refractivity contribution in [1.29, 1.82) is 0 Å². The highest BCUT2D eigenvalue weighted by Crippen LogP contribution is 2.38. The molecule has 32 heavy (non-hydrogen) atoms. The summed E-state index contributed by atoms with van der Waals surface area (Å²) >= 11 is 9.41. The van der Waals surface area contributed by atoms with Crippen LogP contribution in [0.15, 0.2) is 75.3 Å². The van der Waals surface area contributed by atoms with E-state index in [4.69, 9.17) is 25.5 Å². The van der Waals surface area contributed by atoms with E-state index in [1.165, 1.54) is 6.07 Å². The van der Waals surface area contributed by atoms with Crippen molar-refractivity contribution >= 4 is 56.3 Å². The van der Waals surface area contributed by atoms with Crippen LogP contribution < -0.4 is 9.47 Å². The van der Waals surface area contributed by atoms with Crippen LogP contribution in [0.3, 0.4) is 0 Å². The highest BCUT2D eigenvalue weighted by molar-refractivity contribution is 9.10. The van der Waals surface area contributed by atoms with Crippen LogP contribution in [0.1, 0.15) is 32.0 Å². The molecular weight excluding hydrogens is 496 g/mol. The topological polar surface area (TPSA) is 65.7 Å². The number of carbonyl (C=O) groups is 2. The van der Waals surface area contributed by atoms with Gasteiger partial charge in [-0.25, -0.2) is 4.79 Å². The Labute approximate surface area is 196 Å². The second-order valence-electron chi connectivity index (χ2n) is 7.29. The van der Waals surface area contributed by atoms with Crippen LogP contribution in [-0.2, 0) is 0 Å². The summed E-state index contributed by atoms with van der Waals surface area (Å²) in [5, 5.41) is 1.34. The SMILES string of the molecule is Cc1cc(OC(=O)c2cc3cc(Br)ccc3o2)cc2c1C(=O)/C(=C/c1cccc(Cl)c1)O2. The van der Waals surface area contributed by atoms with Crippen molar-refractivity contribution in [3.63, 3.8) is 0 Å². The van der Waals surface area contributed by atoms with E-state index in [2.05, 4.69) is 15.9 Å². The average Bonchev–Trinajstić information content (AvgIpc) is 3.29. The number of hydrogen-bond donors (Lipinski definition) is 0. The molecule has 0 radical (unpaired) electrons. The molecule has 0 amide bonds. The third-order valence-corrected chi connectivity index (χ3v) is 5.71. The summed E-state index contributed by atoms with van der Waals surface area (Å²) in [6.45, 7) is 1.76. The van der Waals surface area contributed by atoms with Gasteiger partial charge in [-0.2, -0.15) is 0 Å². The van der Waals surface area contributed by atoms with Crippen LogP contribution in [0, 0.1) is 6.92 Å². The molecule has 158 valence electrons. The normalized spacial score (nSPS) is 14.0. The average molecular weight is 510 g/mol. The Balaban J connectivity index is 1.42. The molecule has 0 fully saturated rings. The predicted molar refractivity (Wildman–Crippen MR) is 124 cm³/mol. The van der Waals surface area contributed by atoms with Crippen LogP contribution >= 0.6 is 27.5 Å². The summed E-state index contributed by atoms with van der Waals surface area (Å²) in [5.41, 5.74) is 2.40. The predicted octanol–water partition coefficient (Wildman–Crippen LogP) is 6.99. The van der Waals surface area contributed by atoms with E-state index in [9.17, 15) is 9.59 Å². The van der Waals surface area contributed by atoms with Gasteiger partial charge in [0.05, 0.1) is 5.56 Å². The van der Waals surface area contributed by atoms with Crippen molar-refractivity contribution < 1.29 is 23.5 Å². The molecule has 1 aromatic heterocycles. The molecule has 3 aromatic carbocycles. The number of Topliss-reactive ketones (excluding diaryl/α,β-unsaturated/α-hetero) is 1. The first kappa shape index (κ1) is 20.5. The Morgan fingerprint density at radius 3 is 2.75 bits per heavy atom. The monoisotopic (exact) mass is 508 g/mol. The number of esters is 1. The lowest BCUT2D eigenvalue weighted by Crippen LogP contribution is -2.07. The second kappa shape index (κ2) is 7.97. The lowest BCUT2D eigenvalue weighted by atomic mass is 10.0. The van der Waals surface area contributed by atoms with Gasteiger partial charge in [0.1, 0.15) is 17.1 Å². The number of halogens is 2. The number of carbonyl (C=O) groups excluding carboxylic acids is 2. The Hall–Kier alpha value is -3.35. The molecule has 5 nitrogen and oxygen atoms in total. The van der Waals surface area contributed by atoms with E-state index in [1.54, 1.807) is 49.4 Å². The van der Waals surface area contributed by atoms with E-state index in [0.29, 0.717) is 27.5 Å². The molecule has 7 heteroatoms. The number of fused-ring (bicyclic) bond motifs is 2. The van der Waals surface area contributed by atoms with Gasteiger partial charge in [-0.05, 0) is 66.6 Å². The first-order valence-electron chi connectivity index (χ1n) is 9.63. The number of benzene rings is 3. The quantitative estimate of drug-likeness (QED) is 0.169. The second-order valence-corrected chi connectivity index (χ2v) is 8.64. The smallest absolute Gasteiger partial charge is 0.379 e. The summed E-state index contributed by atoms with van der Waals surface area (Å²) in [4.78, 5) is 25.5. The molecule has 0 spiro atoms. The minimum atomic E-state index is -0.643. The third kappa shape index (κ3) is 3.83. The molecule has 0 unspecified atom stereocenters. The summed E-state index contributed by atoms with van der Waals surface area (Å²) in [6.07, 6.45) is 1.63. The summed E-state index contributed by atoms with van der Waals surface area (Å²) in [6, 6.07) is 17.3. The van der Waals surface area contributed by atoms with E-state index in [0.717, 1.165) is 15.4 Å². The molecule has 0 saturated heterocycles. The standard InChI is InChI=1S/C25H14BrClO5/c1-13-7-18(30-25(29)22-11-15-10-16(26)5-6-19(15)31-22)12-20-23(13)24(28)21(32-20)9-14-3-2-4-17(27)8-14/h2-12H,1H3/b21-9-. The zero-order chi connectivity index (χ0) is 22.4. The van der Waals surface area contributed by atoms with Gasteiger partial charge in [-0.1, -0.05) is 39.7 Å². The number of ether oxygens (including phenoxy) is 2. The number of ketones is 1. The molecule has 1 aliphatic rings. The third-order valence-electron chi connectivity index (χ3n) is 4.98. The van der Waals surface area contributed by atoms with Gasteiger partial charge in [-0.15, -0.1) is 0 Å². The fourth-order valence-corrected chi connectivity index (χ4v) is 4.13. The van der Waals surface area contributed by atoms with Crippen LogP contribution in [0.25, 0.3) is 17.0 Å². The van der Waals surface area contributed by atoms with Gasteiger partial charge in [0.25, 0.3) is 0 Å². The van der Waals surface area contributed by atoms with Crippen molar-refractivity contribution in [2.45, 2.75) is 6.92 Å². The fourth-order valence-electron chi connectivity index (χ4n) is 3.56. The zero-order valence-electron chi connectivity index (χ0n) is 16.6. The maximum Gasteiger partial charge on any atom is 0.379 e. The first-order valence-corrected chi connectivity index (χ1v) is 10.8. The lowest BCUT2D eigenvalue weighted by molar-refractivity contribution is 0.0703. The maximum absolute atomic E-state index is 12.8. The summed E-state index contributed by atoms with van der Waals surface area (Å²) in [5.74, 6) is -0.0373. The van der Waals surface area contributed by atoms with Crippen molar-refractivity contribution in [2.75, 3.05) is 0 Å². The largest absolute Gasteiger partial charge is 0.452 e. The molecule has 0 aliphatic carbocycles. The Bertz CT molecular complexity index is 1450. The van der Waals surface area contributed by atoms with Gasteiger partial charge in [0.15, 0.2) is 5.76 Å². The highest BCUT2D eigenvalue weighted by Gasteiger charge is 2.30. The Morgan fingerprint density at radius 2 is 1.94 bits per heavy atom. The Kier molecular flexibility index (Phi) is 5.12. The van der Waals surface area contributed by atoms with Crippen molar-refractivity contribution in [3.8, 4) is 11.5 Å². The number of rotatable bonds is 3. The number of allylic oxidation sites excluding steroid dienone is 1. The van der Waals surface area contributed by atoms with Crippen molar-refractivity contribution in [1.82, 2.24) is 0 Å². The Morgan fingerprint density at radius 1 is 1.09 bits per heavy atom. The molecular formula is C25H14BrClO5. The first-order chi connectivity index (χ1) is 15.4. The van der Waals surface area contributed by atoms with Crippen LogP contribution in [0.4, 0.5) is 0 Å². The van der Waals surface area contributed by atoms with Gasteiger partial charge in [0.2, 0.25) is 11.5 Å². The number of hydrogen-bond acceptors (Lipinski definition) is 5. The van der Waals surface area contributed by atoms with Gasteiger partial charge in [0, 0.05) is 20.9 Å².